The molecule has 0 aliphatic heterocycles. The molecule has 1 aromatic rings. The van der Waals surface area contributed by atoms with E-state index in [2.05, 4.69) is 15.6 Å². The van der Waals surface area contributed by atoms with Gasteiger partial charge in [0.05, 0.1) is 0 Å². The zero-order chi connectivity index (χ0) is 15.9. The van der Waals surface area contributed by atoms with E-state index in [0.717, 1.165) is 12.1 Å². The summed E-state index contributed by atoms with van der Waals surface area (Å²) >= 11 is 0. The largest absolute Gasteiger partial charge is 0.354 e. The van der Waals surface area contributed by atoms with Gasteiger partial charge in [0.15, 0.2) is 0 Å². The first-order valence-electron chi connectivity index (χ1n) is 6.94. The quantitative estimate of drug-likeness (QED) is 0.714. The van der Waals surface area contributed by atoms with Gasteiger partial charge in [-0.1, -0.05) is 0 Å². The number of hydrogen-bond donors (Lipinski definition) is 2. The van der Waals surface area contributed by atoms with Crippen molar-refractivity contribution in [2.45, 2.75) is 20.4 Å². The highest BCUT2D eigenvalue weighted by Crippen LogP contribution is 2.15. The lowest BCUT2D eigenvalue weighted by Crippen LogP contribution is -2.48. The van der Waals surface area contributed by atoms with Crippen LogP contribution in [0.5, 0.6) is 0 Å². The zero-order valence-corrected chi connectivity index (χ0v) is 13.1. The van der Waals surface area contributed by atoms with Crippen LogP contribution < -0.4 is 10.6 Å². The van der Waals surface area contributed by atoms with Gasteiger partial charge in [-0.3, -0.25) is 14.6 Å². The van der Waals surface area contributed by atoms with Crippen LogP contribution in [-0.2, 0) is 16.1 Å². The first-order valence-corrected chi connectivity index (χ1v) is 6.94. The van der Waals surface area contributed by atoms with Crippen LogP contribution in [0.3, 0.4) is 0 Å². The van der Waals surface area contributed by atoms with E-state index in [1.807, 2.05) is 31.1 Å². The Morgan fingerprint density at radius 3 is 2.29 bits per heavy atom. The van der Waals surface area contributed by atoms with Crippen LogP contribution in [0.25, 0.3) is 0 Å². The summed E-state index contributed by atoms with van der Waals surface area (Å²) < 4.78 is 0. The minimum atomic E-state index is -1.10. The maximum atomic E-state index is 12.2. The lowest BCUT2D eigenvalue weighted by Gasteiger charge is -2.23. The molecule has 0 bridgehead atoms. The van der Waals surface area contributed by atoms with E-state index in [1.54, 1.807) is 26.2 Å². The molecule has 0 unspecified atom stereocenters. The Hall–Kier alpha value is -1.95. The van der Waals surface area contributed by atoms with Crippen molar-refractivity contribution >= 4 is 11.8 Å². The van der Waals surface area contributed by atoms with Gasteiger partial charge in [-0.15, -0.1) is 0 Å². The summed E-state index contributed by atoms with van der Waals surface area (Å²) in [5.41, 5.74) is -0.151. The van der Waals surface area contributed by atoms with Gasteiger partial charge in [0.1, 0.15) is 5.41 Å². The number of likely N-dealkylation sites (N-methyl/N-ethyl adjacent to an activating group) is 1. The van der Waals surface area contributed by atoms with Crippen LogP contribution in [-0.4, -0.2) is 48.9 Å². The first kappa shape index (κ1) is 17.1. The Kier molecular flexibility index (Phi) is 6.30. The number of nitrogens with zero attached hydrogens (tertiary/aromatic N) is 2. The minimum Gasteiger partial charge on any atom is -0.354 e. The fourth-order valence-corrected chi connectivity index (χ4v) is 1.62. The van der Waals surface area contributed by atoms with Crippen LogP contribution in [0.4, 0.5) is 0 Å². The molecule has 21 heavy (non-hydrogen) atoms. The van der Waals surface area contributed by atoms with Crippen LogP contribution >= 0.6 is 0 Å². The Morgan fingerprint density at radius 2 is 1.71 bits per heavy atom. The summed E-state index contributed by atoms with van der Waals surface area (Å²) in [7, 11) is 3.86. The third-order valence-corrected chi connectivity index (χ3v) is 3.18. The predicted octanol–water partition coefficient (Wildman–Crippen LogP) is 0.402. The summed E-state index contributed by atoms with van der Waals surface area (Å²) in [5.74, 6) is -0.557. The van der Waals surface area contributed by atoms with E-state index < -0.39 is 5.41 Å². The number of pyridine rings is 1. The Bertz CT molecular complexity index is 472. The van der Waals surface area contributed by atoms with Crippen molar-refractivity contribution in [2.75, 3.05) is 27.2 Å². The molecule has 1 rings (SSSR count). The number of carbonyl (C=O) groups excluding carboxylic acids is 2. The van der Waals surface area contributed by atoms with E-state index in [4.69, 9.17) is 0 Å². The number of hydrogen-bond acceptors (Lipinski definition) is 4. The molecular weight excluding hydrogens is 268 g/mol. The van der Waals surface area contributed by atoms with Gasteiger partial charge in [0.2, 0.25) is 11.8 Å². The van der Waals surface area contributed by atoms with Gasteiger partial charge in [-0.25, -0.2) is 0 Å². The van der Waals surface area contributed by atoms with Crippen molar-refractivity contribution in [3.05, 3.63) is 30.1 Å². The molecule has 2 N–H and O–H groups in total. The van der Waals surface area contributed by atoms with E-state index in [9.17, 15) is 9.59 Å². The highest BCUT2D eigenvalue weighted by molar-refractivity contribution is 6.04. The summed E-state index contributed by atoms with van der Waals surface area (Å²) in [6.45, 7) is 4.89. The third kappa shape index (κ3) is 5.51. The molecule has 0 aromatic carbocycles. The molecule has 0 radical (unpaired) electrons. The highest BCUT2D eigenvalue weighted by atomic mass is 16.2. The summed E-state index contributed by atoms with van der Waals surface area (Å²) in [6.07, 6.45) is 3.33. The molecule has 0 saturated carbocycles. The predicted molar refractivity (Wildman–Crippen MR) is 81.4 cm³/mol. The van der Waals surface area contributed by atoms with E-state index in [0.29, 0.717) is 13.1 Å². The fourth-order valence-electron chi connectivity index (χ4n) is 1.62. The fraction of sp³-hybridized carbons (Fsp3) is 0.533. The monoisotopic (exact) mass is 292 g/mol. The molecule has 0 aliphatic rings. The lowest BCUT2D eigenvalue weighted by atomic mass is 9.91. The summed E-state index contributed by atoms with van der Waals surface area (Å²) in [6, 6.07) is 3.65. The molecule has 1 aromatic heterocycles. The third-order valence-electron chi connectivity index (χ3n) is 3.18. The summed E-state index contributed by atoms with van der Waals surface area (Å²) in [4.78, 5) is 30.2. The maximum Gasteiger partial charge on any atom is 0.235 e. The average Bonchev–Trinajstić information content (AvgIpc) is 2.45. The molecule has 6 heteroatoms. The van der Waals surface area contributed by atoms with Crippen LogP contribution in [0.15, 0.2) is 24.5 Å². The SMILES string of the molecule is CN(C)CCNC(=O)C(C)(C)C(=O)NCc1ccncc1. The van der Waals surface area contributed by atoms with Crippen molar-refractivity contribution in [1.29, 1.82) is 0 Å². The summed E-state index contributed by atoms with van der Waals surface area (Å²) in [5, 5.41) is 5.56. The Morgan fingerprint density at radius 1 is 1.14 bits per heavy atom. The van der Waals surface area contributed by atoms with Crippen molar-refractivity contribution in [2.24, 2.45) is 5.41 Å². The van der Waals surface area contributed by atoms with Crippen LogP contribution in [0, 0.1) is 5.41 Å². The van der Waals surface area contributed by atoms with Gasteiger partial charge in [-0.2, -0.15) is 0 Å². The standard InChI is InChI=1S/C15H24N4O2/c1-15(2,13(20)17-9-10-19(3)4)14(21)18-11-12-5-7-16-8-6-12/h5-8H,9-11H2,1-4H3,(H,17,20)(H,18,21). The van der Waals surface area contributed by atoms with Crippen molar-refractivity contribution in [3.63, 3.8) is 0 Å². The highest BCUT2D eigenvalue weighted by Gasteiger charge is 2.35. The molecule has 0 spiro atoms. The van der Waals surface area contributed by atoms with Gasteiger partial charge in [0.25, 0.3) is 0 Å². The van der Waals surface area contributed by atoms with E-state index >= 15 is 0 Å². The number of rotatable bonds is 7. The van der Waals surface area contributed by atoms with Crippen molar-refractivity contribution in [3.8, 4) is 0 Å². The maximum absolute atomic E-state index is 12.2. The van der Waals surface area contributed by atoms with Gasteiger partial charge in [-0.05, 0) is 45.6 Å². The molecular formula is C15H24N4O2. The second-order valence-corrected chi connectivity index (χ2v) is 5.72. The smallest absolute Gasteiger partial charge is 0.235 e. The van der Waals surface area contributed by atoms with Crippen LogP contribution in [0.2, 0.25) is 0 Å². The van der Waals surface area contributed by atoms with Crippen LogP contribution in [0.1, 0.15) is 19.4 Å². The molecule has 0 aliphatic carbocycles. The number of aromatic nitrogens is 1. The molecule has 116 valence electrons. The molecule has 0 fully saturated rings. The minimum absolute atomic E-state index is 0.267. The second kappa shape index (κ2) is 7.73. The Balaban J connectivity index is 2.48. The molecule has 2 amide bonds. The van der Waals surface area contributed by atoms with E-state index in [1.165, 1.54) is 0 Å². The van der Waals surface area contributed by atoms with Crippen molar-refractivity contribution in [1.82, 2.24) is 20.5 Å². The molecule has 0 atom stereocenters. The number of amides is 2. The van der Waals surface area contributed by atoms with Gasteiger partial charge in [0, 0.05) is 32.0 Å². The topological polar surface area (TPSA) is 74.3 Å². The van der Waals surface area contributed by atoms with Gasteiger partial charge >= 0.3 is 0 Å². The molecule has 1 heterocycles. The molecule has 6 nitrogen and oxygen atoms in total. The Labute approximate surface area is 125 Å². The lowest BCUT2D eigenvalue weighted by molar-refractivity contribution is -0.141. The molecule has 0 saturated heterocycles. The number of carbonyl (C=O) groups is 2. The van der Waals surface area contributed by atoms with E-state index in [-0.39, 0.29) is 11.8 Å². The van der Waals surface area contributed by atoms with Crippen molar-refractivity contribution < 1.29 is 9.59 Å². The van der Waals surface area contributed by atoms with Gasteiger partial charge < -0.3 is 15.5 Å². The average molecular weight is 292 g/mol. The second-order valence-electron chi connectivity index (χ2n) is 5.72. The normalized spacial score (nSPS) is 11.3. The number of nitrogens with one attached hydrogen (secondary N) is 2. The first-order chi connectivity index (χ1) is 9.84. The zero-order valence-electron chi connectivity index (χ0n) is 13.1.